The molecule has 1 N–H and O–H groups in total. The lowest BCUT2D eigenvalue weighted by Gasteiger charge is -2.48. The first-order chi connectivity index (χ1) is 8.41. The highest BCUT2D eigenvalue weighted by Crippen LogP contribution is 2.24. The first-order valence-corrected chi connectivity index (χ1v) is 7.92. The summed E-state index contributed by atoms with van der Waals surface area (Å²) in [7, 11) is 0. The van der Waals surface area contributed by atoms with E-state index in [2.05, 4.69) is 51.8 Å². The summed E-state index contributed by atoms with van der Waals surface area (Å²) in [6.45, 7) is 16.5. The number of piperazine rings is 1. The quantitative estimate of drug-likeness (QED) is 0.778. The minimum atomic E-state index is 0.317. The van der Waals surface area contributed by atoms with Crippen LogP contribution in [0.25, 0.3) is 0 Å². The van der Waals surface area contributed by atoms with Crippen molar-refractivity contribution in [2.45, 2.75) is 84.8 Å². The summed E-state index contributed by atoms with van der Waals surface area (Å²) in [5, 5.41) is 3.75. The van der Waals surface area contributed by atoms with Gasteiger partial charge in [0.15, 0.2) is 0 Å². The van der Waals surface area contributed by atoms with Gasteiger partial charge >= 0.3 is 0 Å². The van der Waals surface area contributed by atoms with E-state index in [0.717, 1.165) is 24.5 Å². The van der Waals surface area contributed by atoms with Crippen LogP contribution in [0.5, 0.6) is 0 Å². The fourth-order valence-electron chi connectivity index (χ4n) is 2.94. The fraction of sp³-hybridized carbons (Fsp3) is 1.00. The standard InChI is InChI=1S/C16H34N2/c1-7-15-11-17-16(6,8-2)12-18(15)14(5)10-9-13(3)4/h13-15,17H,7-12H2,1-6H3. The third-order valence-electron chi connectivity index (χ3n) is 4.74. The Morgan fingerprint density at radius 1 is 1.22 bits per heavy atom. The van der Waals surface area contributed by atoms with Gasteiger partial charge in [0, 0.05) is 30.7 Å². The number of rotatable bonds is 6. The van der Waals surface area contributed by atoms with Crippen LogP contribution in [-0.4, -0.2) is 35.6 Å². The van der Waals surface area contributed by atoms with Crippen molar-refractivity contribution >= 4 is 0 Å². The summed E-state index contributed by atoms with van der Waals surface area (Å²) < 4.78 is 0. The number of hydrogen-bond donors (Lipinski definition) is 1. The van der Waals surface area contributed by atoms with Crippen LogP contribution in [0.15, 0.2) is 0 Å². The Bertz CT molecular complexity index is 239. The molecular formula is C16H34N2. The van der Waals surface area contributed by atoms with Gasteiger partial charge in [0.1, 0.15) is 0 Å². The van der Waals surface area contributed by atoms with E-state index in [1.807, 2.05) is 0 Å². The molecule has 1 aliphatic heterocycles. The molecule has 1 aliphatic rings. The summed E-state index contributed by atoms with van der Waals surface area (Å²) in [6.07, 6.45) is 5.17. The highest BCUT2D eigenvalue weighted by atomic mass is 15.3. The maximum Gasteiger partial charge on any atom is 0.0278 e. The van der Waals surface area contributed by atoms with Crippen molar-refractivity contribution in [3.63, 3.8) is 0 Å². The second-order valence-corrected chi connectivity index (χ2v) is 6.85. The molecule has 2 heteroatoms. The van der Waals surface area contributed by atoms with Gasteiger partial charge in [-0.15, -0.1) is 0 Å². The zero-order chi connectivity index (χ0) is 13.8. The van der Waals surface area contributed by atoms with E-state index < -0.39 is 0 Å². The third-order valence-corrected chi connectivity index (χ3v) is 4.74. The van der Waals surface area contributed by atoms with Crippen LogP contribution < -0.4 is 5.32 Å². The molecule has 1 rings (SSSR count). The minimum Gasteiger partial charge on any atom is -0.309 e. The molecule has 0 aromatic heterocycles. The van der Waals surface area contributed by atoms with Crippen molar-refractivity contribution in [2.75, 3.05) is 13.1 Å². The van der Waals surface area contributed by atoms with Gasteiger partial charge in [0.2, 0.25) is 0 Å². The summed E-state index contributed by atoms with van der Waals surface area (Å²) in [4.78, 5) is 2.77. The van der Waals surface area contributed by atoms with E-state index in [4.69, 9.17) is 0 Å². The SMILES string of the molecule is CCC1CNC(C)(CC)CN1C(C)CCC(C)C. The normalized spacial score (nSPS) is 31.8. The van der Waals surface area contributed by atoms with E-state index in [9.17, 15) is 0 Å². The van der Waals surface area contributed by atoms with Gasteiger partial charge in [-0.05, 0) is 45.4 Å². The van der Waals surface area contributed by atoms with Crippen LogP contribution in [0.4, 0.5) is 0 Å². The Labute approximate surface area is 115 Å². The molecule has 0 radical (unpaired) electrons. The van der Waals surface area contributed by atoms with Crippen LogP contribution >= 0.6 is 0 Å². The monoisotopic (exact) mass is 254 g/mol. The van der Waals surface area contributed by atoms with Gasteiger partial charge in [-0.3, -0.25) is 4.90 Å². The van der Waals surface area contributed by atoms with Gasteiger partial charge in [-0.25, -0.2) is 0 Å². The average molecular weight is 254 g/mol. The third kappa shape index (κ3) is 4.24. The van der Waals surface area contributed by atoms with Gasteiger partial charge < -0.3 is 5.32 Å². The number of nitrogens with one attached hydrogen (secondary N) is 1. The Morgan fingerprint density at radius 2 is 1.89 bits per heavy atom. The molecule has 2 nitrogen and oxygen atoms in total. The van der Waals surface area contributed by atoms with Gasteiger partial charge in [-0.2, -0.15) is 0 Å². The molecule has 0 aromatic rings. The first-order valence-electron chi connectivity index (χ1n) is 7.92. The summed E-state index contributed by atoms with van der Waals surface area (Å²) in [6, 6.07) is 1.46. The minimum absolute atomic E-state index is 0.317. The zero-order valence-corrected chi connectivity index (χ0v) is 13.4. The molecule has 1 saturated heterocycles. The fourth-order valence-corrected chi connectivity index (χ4v) is 2.94. The summed E-state index contributed by atoms with van der Waals surface area (Å²) in [5.41, 5.74) is 0.317. The molecule has 1 fully saturated rings. The molecule has 18 heavy (non-hydrogen) atoms. The maximum atomic E-state index is 3.75. The summed E-state index contributed by atoms with van der Waals surface area (Å²) >= 11 is 0. The zero-order valence-electron chi connectivity index (χ0n) is 13.4. The van der Waals surface area contributed by atoms with Crippen LogP contribution in [0.2, 0.25) is 0 Å². The molecule has 0 bridgehead atoms. The molecule has 3 atom stereocenters. The molecular weight excluding hydrogens is 220 g/mol. The Morgan fingerprint density at radius 3 is 2.39 bits per heavy atom. The van der Waals surface area contributed by atoms with Crippen molar-refractivity contribution in [3.8, 4) is 0 Å². The average Bonchev–Trinajstić information content (AvgIpc) is 2.36. The molecule has 0 aromatic carbocycles. The molecule has 3 unspecified atom stereocenters. The predicted molar refractivity (Wildman–Crippen MR) is 81.0 cm³/mol. The largest absolute Gasteiger partial charge is 0.309 e. The molecule has 0 spiro atoms. The van der Waals surface area contributed by atoms with E-state index in [1.54, 1.807) is 0 Å². The maximum absolute atomic E-state index is 3.75. The second-order valence-electron chi connectivity index (χ2n) is 6.85. The summed E-state index contributed by atoms with van der Waals surface area (Å²) in [5.74, 6) is 0.827. The number of nitrogens with zero attached hydrogens (tertiary/aromatic N) is 1. The lowest BCUT2D eigenvalue weighted by molar-refractivity contribution is 0.0449. The van der Waals surface area contributed by atoms with E-state index in [-0.39, 0.29) is 0 Å². The molecule has 0 aliphatic carbocycles. The molecule has 1 heterocycles. The van der Waals surface area contributed by atoms with Crippen LogP contribution in [-0.2, 0) is 0 Å². The highest BCUT2D eigenvalue weighted by molar-refractivity contribution is 4.95. The lowest BCUT2D eigenvalue weighted by Crippen LogP contribution is -2.64. The van der Waals surface area contributed by atoms with Crippen molar-refractivity contribution < 1.29 is 0 Å². The molecule has 108 valence electrons. The Hall–Kier alpha value is -0.0800. The number of hydrogen-bond acceptors (Lipinski definition) is 2. The van der Waals surface area contributed by atoms with E-state index in [1.165, 1.54) is 32.2 Å². The van der Waals surface area contributed by atoms with Crippen LogP contribution in [0.1, 0.15) is 67.2 Å². The van der Waals surface area contributed by atoms with E-state index in [0.29, 0.717) is 5.54 Å². The topological polar surface area (TPSA) is 15.3 Å². The van der Waals surface area contributed by atoms with E-state index >= 15 is 0 Å². The van der Waals surface area contributed by atoms with Crippen molar-refractivity contribution in [3.05, 3.63) is 0 Å². The smallest absolute Gasteiger partial charge is 0.0278 e. The van der Waals surface area contributed by atoms with Crippen molar-refractivity contribution in [2.24, 2.45) is 5.92 Å². The molecule has 0 saturated carbocycles. The Kier molecular flexibility index (Phi) is 6.13. The van der Waals surface area contributed by atoms with Gasteiger partial charge in [0.25, 0.3) is 0 Å². The first kappa shape index (κ1) is 16.0. The van der Waals surface area contributed by atoms with Crippen molar-refractivity contribution in [1.82, 2.24) is 10.2 Å². The highest BCUT2D eigenvalue weighted by Gasteiger charge is 2.35. The van der Waals surface area contributed by atoms with Gasteiger partial charge in [0.05, 0.1) is 0 Å². The van der Waals surface area contributed by atoms with Gasteiger partial charge in [-0.1, -0.05) is 27.7 Å². The lowest BCUT2D eigenvalue weighted by atomic mass is 9.90. The van der Waals surface area contributed by atoms with Crippen LogP contribution in [0, 0.1) is 5.92 Å². The van der Waals surface area contributed by atoms with Crippen molar-refractivity contribution in [1.29, 1.82) is 0 Å². The predicted octanol–water partition coefficient (Wildman–Crippen LogP) is 3.66. The molecule has 0 amide bonds. The Balaban J connectivity index is 2.61. The van der Waals surface area contributed by atoms with Crippen LogP contribution in [0.3, 0.4) is 0 Å². The second kappa shape index (κ2) is 6.91.